The first-order valence-corrected chi connectivity index (χ1v) is 10.2. The van der Waals surface area contributed by atoms with Crippen molar-refractivity contribution in [1.29, 1.82) is 0 Å². The molecule has 0 aliphatic carbocycles. The van der Waals surface area contributed by atoms with Crippen molar-refractivity contribution in [2.45, 2.75) is 44.3 Å². The molecule has 2 saturated heterocycles. The van der Waals surface area contributed by atoms with Crippen molar-refractivity contribution in [3.05, 3.63) is 30.3 Å². The van der Waals surface area contributed by atoms with Crippen LogP contribution >= 0.6 is 0 Å². The van der Waals surface area contributed by atoms with E-state index >= 15 is 0 Å². The lowest BCUT2D eigenvalue weighted by Gasteiger charge is -2.34. The first-order chi connectivity index (χ1) is 13.3. The smallest absolute Gasteiger partial charge is 0.193 e. The first kappa shape index (κ1) is 20.0. The van der Waals surface area contributed by atoms with Crippen molar-refractivity contribution in [2.24, 2.45) is 4.99 Å². The van der Waals surface area contributed by atoms with Crippen molar-refractivity contribution in [1.82, 2.24) is 10.2 Å². The molecule has 1 N–H and O–H groups in total. The Hall–Kier alpha value is -1.79. The number of rotatable bonds is 7. The summed E-state index contributed by atoms with van der Waals surface area (Å²) < 4.78 is 17.4. The molecule has 150 valence electrons. The number of benzene rings is 1. The van der Waals surface area contributed by atoms with Gasteiger partial charge in [0.2, 0.25) is 0 Å². The van der Waals surface area contributed by atoms with Crippen molar-refractivity contribution < 1.29 is 14.2 Å². The number of hydrogen-bond acceptors (Lipinski definition) is 4. The van der Waals surface area contributed by atoms with Crippen LogP contribution in [0.15, 0.2) is 35.3 Å². The second-order valence-corrected chi connectivity index (χ2v) is 7.13. The van der Waals surface area contributed by atoms with E-state index in [1.165, 1.54) is 0 Å². The largest absolute Gasteiger partial charge is 0.490 e. The van der Waals surface area contributed by atoms with Crippen LogP contribution in [0.2, 0.25) is 0 Å². The maximum absolute atomic E-state index is 6.08. The summed E-state index contributed by atoms with van der Waals surface area (Å²) in [6.45, 7) is 5.28. The number of nitrogens with zero attached hydrogens (tertiary/aromatic N) is 2. The molecular formula is C21H33N3O3. The standard InChI is InChI=1S/C21H33N3O3/c1-22-21(23-12-5-15-26-18-10-16-25-17-11-18)24-13-8-20(9-14-24)27-19-6-3-2-4-7-19/h2-4,6-7,18,20H,5,8-17H2,1H3,(H,22,23). The van der Waals surface area contributed by atoms with Gasteiger partial charge < -0.3 is 24.4 Å². The summed E-state index contributed by atoms with van der Waals surface area (Å²) in [6, 6.07) is 10.1. The van der Waals surface area contributed by atoms with E-state index in [-0.39, 0.29) is 6.10 Å². The van der Waals surface area contributed by atoms with Gasteiger partial charge in [-0.25, -0.2) is 0 Å². The van der Waals surface area contributed by atoms with Gasteiger partial charge in [-0.05, 0) is 31.4 Å². The normalized spacial score (nSPS) is 19.9. The Bertz CT molecular complexity index is 553. The molecule has 0 atom stereocenters. The van der Waals surface area contributed by atoms with Crippen LogP contribution in [0.3, 0.4) is 0 Å². The highest BCUT2D eigenvalue weighted by atomic mass is 16.5. The van der Waals surface area contributed by atoms with E-state index < -0.39 is 0 Å². The molecule has 0 bridgehead atoms. The molecule has 2 aliphatic heterocycles. The fraction of sp³-hybridized carbons (Fsp3) is 0.667. The zero-order chi connectivity index (χ0) is 18.7. The lowest BCUT2D eigenvalue weighted by Crippen LogP contribution is -2.47. The number of hydrogen-bond donors (Lipinski definition) is 1. The number of aliphatic imine (C=N–C) groups is 1. The number of nitrogens with one attached hydrogen (secondary N) is 1. The third-order valence-electron chi connectivity index (χ3n) is 5.13. The van der Waals surface area contributed by atoms with Crippen LogP contribution in [0.4, 0.5) is 0 Å². The van der Waals surface area contributed by atoms with Crippen molar-refractivity contribution in [3.63, 3.8) is 0 Å². The molecule has 2 aliphatic rings. The summed E-state index contributed by atoms with van der Waals surface area (Å²) >= 11 is 0. The molecule has 0 amide bonds. The topological polar surface area (TPSA) is 55.3 Å². The number of likely N-dealkylation sites (tertiary alicyclic amines) is 1. The number of guanidine groups is 1. The lowest BCUT2D eigenvalue weighted by molar-refractivity contribution is -0.0320. The monoisotopic (exact) mass is 375 g/mol. The molecule has 3 rings (SSSR count). The zero-order valence-corrected chi connectivity index (χ0v) is 16.4. The Morgan fingerprint density at radius 1 is 1.11 bits per heavy atom. The van der Waals surface area contributed by atoms with Gasteiger partial charge in [0.15, 0.2) is 5.96 Å². The lowest BCUT2D eigenvalue weighted by atomic mass is 10.1. The van der Waals surface area contributed by atoms with Gasteiger partial charge in [-0.2, -0.15) is 0 Å². The molecule has 0 radical (unpaired) electrons. The minimum Gasteiger partial charge on any atom is -0.490 e. The SMILES string of the molecule is CN=C(NCCCOC1CCOCC1)N1CCC(Oc2ccccc2)CC1. The van der Waals surface area contributed by atoms with Gasteiger partial charge >= 0.3 is 0 Å². The average molecular weight is 376 g/mol. The minimum absolute atomic E-state index is 0.287. The first-order valence-electron chi connectivity index (χ1n) is 10.2. The van der Waals surface area contributed by atoms with Gasteiger partial charge in [-0.3, -0.25) is 4.99 Å². The number of piperidine rings is 1. The van der Waals surface area contributed by atoms with E-state index in [2.05, 4.69) is 15.2 Å². The second kappa shape index (κ2) is 11.1. The molecular weight excluding hydrogens is 342 g/mol. The Morgan fingerprint density at radius 3 is 2.56 bits per heavy atom. The molecule has 6 nitrogen and oxygen atoms in total. The molecule has 0 spiro atoms. The minimum atomic E-state index is 0.287. The van der Waals surface area contributed by atoms with E-state index in [0.29, 0.717) is 6.10 Å². The molecule has 1 aromatic carbocycles. The van der Waals surface area contributed by atoms with Gasteiger partial charge in [0.05, 0.1) is 6.10 Å². The summed E-state index contributed by atoms with van der Waals surface area (Å²) in [5, 5.41) is 3.47. The molecule has 6 heteroatoms. The maximum Gasteiger partial charge on any atom is 0.193 e. The molecule has 0 saturated carbocycles. The summed E-state index contributed by atoms with van der Waals surface area (Å²) in [6.07, 6.45) is 5.73. The quantitative estimate of drug-likeness (QED) is 0.451. The van der Waals surface area contributed by atoms with E-state index in [0.717, 1.165) is 83.3 Å². The number of para-hydroxylation sites is 1. The van der Waals surface area contributed by atoms with Crippen LogP contribution in [0, 0.1) is 0 Å². The van der Waals surface area contributed by atoms with Crippen molar-refractivity contribution >= 4 is 5.96 Å². The summed E-state index contributed by atoms with van der Waals surface area (Å²) in [7, 11) is 1.85. The van der Waals surface area contributed by atoms with Gasteiger partial charge in [0.1, 0.15) is 11.9 Å². The fourth-order valence-corrected chi connectivity index (χ4v) is 3.57. The van der Waals surface area contributed by atoms with Crippen LogP contribution in [0.1, 0.15) is 32.1 Å². The summed E-state index contributed by atoms with van der Waals surface area (Å²) in [4.78, 5) is 6.77. The van der Waals surface area contributed by atoms with E-state index in [9.17, 15) is 0 Å². The van der Waals surface area contributed by atoms with Crippen LogP contribution in [0.25, 0.3) is 0 Å². The predicted molar refractivity (Wildman–Crippen MR) is 107 cm³/mol. The van der Waals surface area contributed by atoms with E-state index in [1.54, 1.807) is 0 Å². The molecule has 0 aromatic heterocycles. The van der Waals surface area contributed by atoms with E-state index in [4.69, 9.17) is 14.2 Å². The second-order valence-electron chi connectivity index (χ2n) is 7.13. The highest BCUT2D eigenvalue weighted by Crippen LogP contribution is 2.18. The fourth-order valence-electron chi connectivity index (χ4n) is 3.57. The Kier molecular flexibility index (Phi) is 8.24. The van der Waals surface area contributed by atoms with E-state index in [1.807, 2.05) is 37.4 Å². The molecule has 27 heavy (non-hydrogen) atoms. The molecule has 0 unspecified atom stereocenters. The predicted octanol–water partition coefficient (Wildman–Crippen LogP) is 2.69. The highest BCUT2D eigenvalue weighted by molar-refractivity contribution is 5.79. The Labute approximate surface area is 162 Å². The van der Waals surface area contributed by atoms with Crippen LogP contribution in [0.5, 0.6) is 5.75 Å². The Balaban J connectivity index is 1.30. The summed E-state index contributed by atoms with van der Waals surface area (Å²) in [5.41, 5.74) is 0. The van der Waals surface area contributed by atoms with Crippen molar-refractivity contribution in [3.8, 4) is 5.75 Å². The van der Waals surface area contributed by atoms with Gasteiger partial charge in [0, 0.05) is 59.3 Å². The maximum atomic E-state index is 6.08. The molecule has 2 fully saturated rings. The molecule has 1 aromatic rings. The number of ether oxygens (including phenoxy) is 3. The third-order valence-corrected chi connectivity index (χ3v) is 5.13. The highest BCUT2D eigenvalue weighted by Gasteiger charge is 2.22. The molecule has 2 heterocycles. The average Bonchev–Trinajstić information content (AvgIpc) is 2.73. The van der Waals surface area contributed by atoms with Crippen LogP contribution in [-0.2, 0) is 9.47 Å². The van der Waals surface area contributed by atoms with Crippen molar-refractivity contribution in [2.75, 3.05) is 46.5 Å². The van der Waals surface area contributed by atoms with Gasteiger partial charge in [-0.15, -0.1) is 0 Å². The van der Waals surface area contributed by atoms with Gasteiger partial charge in [-0.1, -0.05) is 18.2 Å². The summed E-state index contributed by atoms with van der Waals surface area (Å²) in [5.74, 6) is 1.95. The van der Waals surface area contributed by atoms with Crippen LogP contribution in [-0.4, -0.2) is 69.6 Å². The third kappa shape index (κ3) is 6.70. The van der Waals surface area contributed by atoms with Crippen LogP contribution < -0.4 is 10.1 Å². The Morgan fingerprint density at radius 2 is 1.85 bits per heavy atom. The zero-order valence-electron chi connectivity index (χ0n) is 16.4. The van der Waals surface area contributed by atoms with Gasteiger partial charge in [0.25, 0.3) is 0 Å².